The van der Waals surface area contributed by atoms with Crippen molar-refractivity contribution in [3.63, 3.8) is 0 Å². The monoisotopic (exact) mass is 477 g/mol. The summed E-state index contributed by atoms with van der Waals surface area (Å²) >= 11 is 9.67. The molecule has 2 rings (SSSR count). The molecule has 1 saturated heterocycles. The lowest BCUT2D eigenvalue weighted by atomic mass is 10.0. The third-order valence-electron chi connectivity index (χ3n) is 4.38. The highest BCUT2D eigenvalue weighted by Crippen LogP contribution is 2.31. The number of benzene rings is 1. The molecule has 7 nitrogen and oxygen atoms in total. The molecule has 0 spiro atoms. The van der Waals surface area contributed by atoms with Gasteiger partial charge in [-0.3, -0.25) is 10.2 Å². The van der Waals surface area contributed by atoms with Crippen LogP contribution in [0.15, 0.2) is 22.7 Å². The number of carbonyl (C=O) groups excluding carboxylic acids is 1. The minimum Gasteiger partial charge on any atom is -0.444 e. The number of halogens is 2. The number of nitrogens with zero attached hydrogens (tertiary/aromatic N) is 2. The number of hydrogen-bond donors (Lipinski definition) is 2. The minimum atomic E-state index is -0.856. The van der Waals surface area contributed by atoms with Gasteiger partial charge in [0.15, 0.2) is 0 Å². The van der Waals surface area contributed by atoms with Gasteiger partial charge in [0.05, 0.1) is 17.8 Å². The number of carbonyl (C=O) groups is 1. The number of aliphatic hydroxyl groups excluding tert-OH is 1. The SMILES string of the molecule is COCNC(O)C(c1ccc(Br)c(Cl)c1)N1CCN(C(=O)OC(C)(C)C)CC1. The topological polar surface area (TPSA) is 74.3 Å². The molecule has 1 fully saturated rings. The van der Waals surface area contributed by atoms with Crippen LogP contribution in [0, 0.1) is 0 Å². The highest BCUT2D eigenvalue weighted by atomic mass is 79.9. The quantitative estimate of drug-likeness (QED) is 0.612. The minimum absolute atomic E-state index is 0.222. The molecule has 1 aliphatic heterocycles. The molecule has 1 aromatic carbocycles. The summed E-state index contributed by atoms with van der Waals surface area (Å²) in [5, 5.41) is 14.3. The van der Waals surface area contributed by atoms with Gasteiger partial charge in [-0.15, -0.1) is 0 Å². The number of piperazine rings is 1. The van der Waals surface area contributed by atoms with Crippen molar-refractivity contribution in [1.82, 2.24) is 15.1 Å². The van der Waals surface area contributed by atoms with Gasteiger partial charge in [0.25, 0.3) is 0 Å². The standard InChI is InChI=1S/C19H29BrClN3O4/c1-19(2,3)28-18(26)24-9-7-23(8-10-24)16(17(25)22-12-27-4)13-5-6-14(20)15(21)11-13/h5-6,11,16-17,22,25H,7-10,12H2,1-4H3. The van der Waals surface area contributed by atoms with Gasteiger partial charge >= 0.3 is 6.09 Å². The Labute approximate surface area is 180 Å². The van der Waals surface area contributed by atoms with Crippen molar-refractivity contribution >= 4 is 33.6 Å². The number of nitrogens with one attached hydrogen (secondary N) is 1. The van der Waals surface area contributed by atoms with Crippen molar-refractivity contribution in [2.24, 2.45) is 0 Å². The predicted molar refractivity (Wildman–Crippen MR) is 112 cm³/mol. The fourth-order valence-corrected chi connectivity index (χ4v) is 3.51. The highest BCUT2D eigenvalue weighted by molar-refractivity contribution is 9.10. The lowest BCUT2D eigenvalue weighted by molar-refractivity contribution is -0.0231. The molecule has 9 heteroatoms. The largest absolute Gasteiger partial charge is 0.444 e. The van der Waals surface area contributed by atoms with E-state index in [1.54, 1.807) is 12.0 Å². The van der Waals surface area contributed by atoms with Gasteiger partial charge < -0.3 is 19.5 Å². The summed E-state index contributed by atoms with van der Waals surface area (Å²) in [5.74, 6) is 0. The van der Waals surface area contributed by atoms with E-state index < -0.39 is 11.8 Å². The maximum Gasteiger partial charge on any atom is 0.410 e. The van der Waals surface area contributed by atoms with Crippen molar-refractivity contribution in [1.29, 1.82) is 0 Å². The maximum atomic E-state index is 12.3. The Kier molecular flexibility index (Phi) is 8.54. The van der Waals surface area contributed by atoms with Gasteiger partial charge in [-0.1, -0.05) is 17.7 Å². The first kappa shape index (κ1) is 23.4. The molecule has 1 heterocycles. The molecule has 2 unspecified atom stereocenters. The average molecular weight is 479 g/mol. The number of ether oxygens (including phenoxy) is 2. The lowest BCUT2D eigenvalue weighted by Crippen LogP contribution is -2.54. The highest BCUT2D eigenvalue weighted by Gasteiger charge is 2.33. The van der Waals surface area contributed by atoms with Crippen LogP contribution in [0.4, 0.5) is 4.79 Å². The van der Waals surface area contributed by atoms with Crippen LogP contribution in [0.3, 0.4) is 0 Å². The van der Waals surface area contributed by atoms with Crippen LogP contribution in [0.1, 0.15) is 32.4 Å². The summed E-state index contributed by atoms with van der Waals surface area (Å²) < 4.78 is 11.3. The summed E-state index contributed by atoms with van der Waals surface area (Å²) in [6, 6.07) is 5.30. The molecule has 0 radical (unpaired) electrons. The van der Waals surface area contributed by atoms with Crippen molar-refractivity contribution in [3.05, 3.63) is 33.3 Å². The molecule has 0 aliphatic carbocycles. The van der Waals surface area contributed by atoms with Gasteiger partial charge in [-0.25, -0.2) is 4.79 Å². The van der Waals surface area contributed by atoms with Crippen molar-refractivity contribution in [3.8, 4) is 0 Å². The van der Waals surface area contributed by atoms with E-state index in [0.29, 0.717) is 31.2 Å². The Morgan fingerprint density at radius 3 is 2.50 bits per heavy atom. The van der Waals surface area contributed by atoms with Crippen molar-refractivity contribution < 1.29 is 19.4 Å². The molecule has 0 aromatic heterocycles. The van der Waals surface area contributed by atoms with Crippen molar-refractivity contribution in [2.45, 2.75) is 38.6 Å². The smallest absolute Gasteiger partial charge is 0.410 e. The Morgan fingerprint density at radius 1 is 1.32 bits per heavy atom. The summed E-state index contributed by atoms with van der Waals surface area (Å²) in [6.45, 7) is 8.02. The molecule has 1 aromatic rings. The first-order chi connectivity index (χ1) is 13.1. The van der Waals surface area contributed by atoms with Crippen LogP contribution >= 0.6 is 27.5 Å². The van der Waals surface area contributed by atoms with E-state index in [-0.39, 0.29) is 18.9 Å². The fraction of sp³-hybridized carbons (Fsp3) is 0.632. The van der Waals surface area contributed by atoms with Gasteiger partial charge in [-0.05, 0) is 54.4 Å². The lowest BCUT2D eigenvalue weighted by Gasteiger charge is -2.41. The molecule has 0 saturated carbocycles. The van der Waals surface area contributed by atoms with Crippen LogP contribution in [0.2, 0.25) is 5.02 Å². The fourth-order valence-electron chi connectivity index (χ4n) is 3.08. The van der Waals surface area contributed by atoms with Crippen molar-refractivity contribution in [2.75, 3.05) is 40.0 Å². The van der Waals surface area contributed by atoms with Gasteiger partial charge in [-0.2, -0.15) is 0 Å². The zero-order valence-electron chi connectivity index (χ0n) is 16.7. The summed E-state index contributed by atoms with van der Waals surface area (Å²) in [6.07, 6.45) is -1.17. The summed E-state index contributed by atoms with van der Waals surface area (Å²) in [7, 11) is 1.56. The zero-order valence-corrected chi connectivity index (χ0v) is 19.1. The molecule has 1 amide bonds. The van der Waals surface area contributed by atoms with Crippen LogP contribution in [-0.4, -0.2) is 72.8 Å². The van der Waals surface area contributed by atoms with E-state index in [1.807, 2.05) is 39.0 Å². The Bertz CT molecular complexity index is 663. The number of rotatable bonds is 6. The molecule has 158 valence electrons. The molecule has 0 bridgehead atoms. The number of amides is 1. The second kappa shape index (κ2) is 10.2. The summed E-state index contributed by atoms with van der Waals surface area (Å²) in [5.41, 5.74) is 0.362. The molecule has 28 heavy (non-hydrogen) atoms. The number of methoxy groups -OCH3 is 1. The van der Waals surface area contributed by atoms with E-state index in [0.717, 1.165) is 10.0 Å². The molecule has 1 aliphatic rings. The molecule has 2 atom stereocenters. The first-order valence-electron chi connectivity index (χ1n) is 9.19. The normalized spacial score (nSPS) is 18.0. The predicted octanol–water partition coefficient (Wildman–Crippen LogP) is 3.21. The van der Waals surface area contributed by atoms with Gasteiger partial charge in [0.1, 0.15) is 11.8 Å². The van der Waals surface area contributed by atoms with Crippen LogP contribution < -0.4 is 5.32 Å². The number of aliphatic hydroxyl groups is 1. The Morgan fingerprint density at radius 2 is 1.96 bits per heavy atom. The zero-order chi connectivity index (χ0) is 20.9. The summed E-state index contributed by atoms with van der Waals surface area (Å²) in [4.78, 5) is 16.1. The third-order valence-corrected chi connectivity index (χ3v) is 5.61. The van der Waals surface area contributed by atoms with E-state index >= 15 is 0 Å². The number of hydrogen-bond acceptors (Lipinski definition) is 6. The van der Waals surface area contributed by atoms with Crippen LogP contribution in [0.25, 0.3) is 0 Å². The maximum absolute atomic E-state index is 12.3. The van der Waals surface area contributed by atoms with Crippen LogP contribution in [0.5, 0.6) is 0 Å². The van der Waals surface area contributed by atoms with E-state index in [2.05, 4.69) is 26.1 Å². The average Bonchev–Trinajstić information content (AvgIpc) is 2.62. The van der Waals surface area contributed by atoms with Crippen LogP contribution in [-0.2, 0) is 9.47 Å². The molecular formula is C19H29BrClN3O4. The van der Waals surface area contributed by atoms with E-state index in [4.69, 9.17) is 21.1 Å². The molecule has 2 N–H and O–H groups in total. The van der Waals surface area contributed by atoms with Gasteiger partial charge in [0, 0.05) is 37.8 Å². The Hall–Kier alpha value is -0.900. The Balaban J connectivity index is 2.12. The second-order valence-electron chi connectivity index (χ2n) is 7.70. The van der Waals surface area contributed by atoms with Gasteiger partial charge in [0.2, 0.25) is 0 Å². The first-order valence-corrected chi connectivity index (χ1v) is 10.4. The third kappa shape index (κ3) is 6.57. The molecular weight excluding hydrogens is 450 g/mol. The van der Waals surface area contributed by atoms with E-state index in [1.165, 1.54) is 0 Å². The second-order valence-corrected chi connectivity index (χ2v) is 8.97. The van der Waals surface area contributed by atoms with E-state index in [9.17, 15) is 9.90 Å².